The van der Waals surface area contributed by atoms with Crippen molar-refractivity contribution in [2.45, 2.75) is 38.3 Å². The van der Waals surface area contributed by atoms with Crippen LogP contribution < -0.4 is 15.0 Å². The van der Waals surface area contributed by atoms with Crippen LogP contribution in [0.1, 0.15) is 25.7 Å². The molecule has 2 aliphatic heterocycles. The molecule has 10 heteroatoms. The molecule has 3 heterocycles. The van der Waals surface area contributed by atoms with Gasteiger partial charge in [0.15, 0.2) is 11.5 Å². The summed E-state index contributed by atoms with van der Waals surface area (Å²) in [7, 11) is 3.05. The summed E-state index contributed by atoms with van der Waals surface area (Å²) in [5.74, 6) is 1.05. The summed E-state index contributed by atoms with van der Waals surface area (Å²) in [6, 6.07) is 3.30. The summed E-state index contributed by atoms with van der Waals surface area (Å²) in [6.45, 7) is 3.14. The Hall–Kier alpha value is -3.14. The largest absolute Gasteiger partial charge is 0.493 e. The Labute approximate surface area is 192 Å². The van der Waals surface area contributed by atoms with Crippen molar-refractivity contribution in [3.8, 4) is 11.5 Å². The van der Waals surface area contributed by atoms with Crippen LogP contribution in [0.5, 0.6) is 11.5 Å². The molecule has 0 aliphatic carbocycles. The third kappa shape index (κ3) is 4.95. The highest BCUT2D eigenvalue weighted by Crippen LogP contribution is 2.29. The normalized spacial score (nSPS) is 18.5. The van der Waals surface area contributed by atoms with Crippen LogP contribution in [0.2, 0.25) is 0 Å². The molecule has 1 unspecified atom stereocenters. The predicted molar refractivity (Wildman–Crippen MR) is 120 cm³/mol. The van der Waals surface area contributed by atoms with Gasteiger partial charge >= 0.3 is 0 Å². The molecule has 4 rings (SSSR count). The molecule has 1 aromatic heterocycles. The average molecular weight is 459 g/mol. The van der Waals surface area contributed by atoms with E-state index in [1.54, 1.807) is 21.9 Å². The number of rotatable bonds is 7. The molecule has 2 aromatic rings. The summed E-state index contributed by atoms with van der Waals surface area (Å²) in [5.41, 5.74) is 0.343. The maximum absolute atomic E-state index is 12.9. The van der Waals surface area contributed by atoms with E-state index in [1.165, 1.54) is 25.1 Å². The van der Waals surface area contributed by atoms with Crippen LogP contribution in [0, 0.1) is 0 Å². The number of methoxy groups -OCH3 is 2. The van der Waals surface area contributed by atoms with Gasteiger partial charge in [-0.3, -0.25) is 19.0 Å². The lowest BCUT2D eigenvalue weighted by atomic mass is 10.2. The second kappa shape index (κ2) is 10.2. The van der Waals surface area contributed by atoms with E-state index in [1.807, 2.05) is 0 Å². The number of piperazine rings is 1. The van der Waals surface area contributed by atoms with Crippen LogP contribution in [-0.2, 0) is 20.9 Å². The molecule has 1 aromatic carbocycles. The highest BCUT2D eigenvalue weighted by molar-refractivity contribution is 5.82. The number of nitrogens with zero attached hydrogens (tertiary/aromatic N) is 4. The maximum Gasteiger partial charge on any atom is 0.261 e. The van der Waals surface area contributed by atoms with Crippen LogP contribution in [0.4, 0.5) is 0 Å². The van der Waals surface area contributed by atoms with Gasteiger partial charge in [-0.25, -0.2) is 4.98 Å². The molecule has 0 saturated carbocycles. The van der Waals surface area contributed by atoms with E-state index in [4.69, 9.17) is 14.2 Å². The van der Waals surface area contributed by atoms with Crippen LogP contribution in [0.3, 0.4) is 0 Å². The molecule has 10 nitrogen and oxygen atoms in total. The third-order valence-corrected chi connectivity index (χ3v) is 6.27. The van der Waals surface area contributed by atoms with E-state index >= 15 is 0 Å². The molecule has 0 spiro atoms. The van der Waals surface area contributed by atoms with Crippen molar-refractivity contribution in [2.24, 2.45) is 0 Å². The van der Waals surface area contributed by atoms with Gasteiger partial charge in [-0.2, -0.15) is 0 Å². The first kappa shape index (κ1) is 23.0. The number of carbonyl (C=O) groups is 2. The number of fused-ring (bicyclic) bond motifs is 1. The SMILES string of the molecule is COc1cc2ncn(CCCC(=O)N3CCN(C(=O)C4CCCO4)CC3)c(=O)c2cc1OC. The van der Waals surface area contributed by atoms with E-state index in [0.29, 0.717) is 74.6 Å². The number of benzene rings is 1. The topological polar surface area (TPSA) is 103 Å². The summed E-state index contributed by atoms with van der Waals surface area (Å²) < 4.78 is 17.5. The van der Waals surface area contributed by atoms with E-state index in [2.05, 4.69) is 4.98 Å². The Morgan fingerprint density at radius 1 is 1.09 bits per heavy atom. The lowest BCUT2D eigenvalue weighted by Crippen LogP contribution is -2.52. The average Bonchev–Trinajstić information content (AvgIpc) is 3.39. The molecular formula is C23H30N4O6. The van der Waals surface area contributed by atoms with E-state index < -0.39 is 0 Å². The predicted octanol–water partition coefficient (Wildman–Crippen LogP) is 1.04. The van der Waals surface area contributed by atoms with Crippen molar-refractivity contribution in [3.63, 3.8) is 0 Å². The first-order chi connectivity index (χ1) is 16.0. The Balaban J connectivity index is 1.30. The minimum Gasteiger partial charge on any atom is -0.493 e. The first-order valence-corrected chi connectivity index (χ1v) is 11.3. The van der Waals surface area contributed by atoms with Crippen molar-refractivity contribution in [3.05, 3.63) is 28.8 Å². The van der Waals surface area contributed by atoms with Gasteiger partial charge in [0.05, 0.1) is 31.4 Å². The lowest BCUT2D eigenvalue weighted by Gasteiger charge is -2.35. The Morgan fingerprint density at radius 2 is 1.79 bits per heavy atom. The fourth-order valence-corrected chi connectivity index (χ4v) is 4.36. The molecule has 0 bridgehead atoms. The number of ether oxygens (including phenoxy) is 3. The van der Waals surface area contributed by atoms with E-state index in [0.717, 1.165) is 12.8 Å². The van der Waals surface area contributed by atoms with Crippen molar-refractivity contribution < 1.29 is 23.8 Å². The number of aromatic nitrogens is 2. The minimum absolute atomic E-state index is 0.0346. The zero-order chi connectivity index (χ0) is 23.4. The number of carbonyl (C=O) groups excluding carboxylic acids is 2. The molecule has 178 valence electrons. The standard InChI is InChI=1S/C23H30N4O6/c1-31-19-13-16-17(14-20(19)32-2)24-15-27(22(16)29)7-3-6-21(28)25-8-10-26(11-9-25)23(30)18-5-4-12-33-18/h13-15,18H,3-12H2,1-2H3. The summed E-state index contributed by atoms with van der Waals surface area (Å²) in [6.07, 6.45) is 3.73. The number of aryl methyl sites for hydroxylation is 1. The van der Waals surface area contributed by atoms with E-state index in [9.17, 15) is 14.4 Å². The van der Waals surface area contributed by atoms with Gasteiger partial charge < -0.3 is 24.0 Å². The highest BCUT2D eigenvalue weighted by atomic mass is 16.5. The minimum atomic E-state index is -0.317. The van der Waals surface area contributed by atoms with Gasteiger partial charge in [0.1, 0.15) is 6.10 Å². The zero-order valence-electron chi connectivity index (χ0n) is 19.1. The van der Waals surface area contributed by atoms with Gasteiger partial charge in [-0.15, -0.1) is 0 Å². The highest BCUT2D eigenvalue weighted by Gasteiger charge is 2.31. The molecule has 2 saturated heterocycles. The molecule has 2 amide bonds. The summed E-state index contributed by atoms with van der Waals surface area (Å²) >= 11 is 0. The smallest absolute Gasteiger partial charge is 0.261 e. The van der Waals surface area contributed by atoms with Crippen molar-refractivity contribution in [2.75, 3.05) is 47.0 Å². The molecular weight excluding hydrogens is 428 g/mol. The quantitative estimate of drug-likeness (QED) is 0.611. The van der Waals surface area contributed by atoms with Crippen LogP contribution in [0.15, 0.2) is 23.3 Å². The fraction of sp³-hybridized carbons (Fsp3) is 0.565. The maximum atomic E-state index is 12.9. The summed E-state index contributed by atoms with van der Waals surface area (Å²) in [4.78, 5) is 45.9. The molecule has 2 aliphatic rings. The van der Waals surface area contributed by atoms with Crippen LogP contribution >= 0.6 is 0 Å². The molecule has 1 atom stereocenters. The van der Waals surface area contributed by atoms with Crippen LogP contribution in [-0.4, -0.2) is 84.3 Å². The lowest BCUT2D eigenvalue weighted by molar-refractivity contribution is -0.146. The first-order valence-electron chi connectivity index (χ1n) is 11.3. The van der Waals surface area contributed by atoms with Gasteiger partial charge in [-0.1, -0.05) is 0 Å². The molecule has 0 N–H and O–H groups in total. The van der Waals surface area contributed by atoms with Crippen molar-refractivity contribution >= 4 is 22.7 Å². The zero-order valence-corrected chi connectivity index (χ0v) is 19.1. The van der Waals surface area contributed by atoms with Gasteiger partial charge in [0.25, 0.3) is 11.5 Å². The Kier molecular flexibility index (Phi) is 7.12. The molecule has 0 radical (unpaired) electrons. The second-order valence-electron chi connectivity index (χ2n) is 8.28. The Morgan fingerprint density at radius 3 is 2.45 bits per heavy atom. The molecule has 33 heavy (non-hydrogen) atoms. The van der Waals surface area contributed by atoms with Crippen molar-refractivity contribution in [1.29, 1.82) is 0 Å². The summed E-state index contributed by atoms with van der Waals surface area (Å²) in [5, 5.41) is 0.438. The number of amides is 2. The van der Waals surface area contributed by atoms with Gasteiger partial charge in [-0.05, 0) is 25.3 Å². The number of hydrogen-bond acceptors (Lipinski definition) is 7. The number of hydrogen-bond donors (Lipinski definition) is 0. The fourth-order valence-electron chi connectivity index (χ4n) is 4.36. The van der Waals surface area contributed by atoms with Crippen molar-refractivity contribution in [1.82, 2.24) is 19.4 Å². The van der Waals surface area contributed by atoms with Gasteiger partial charge in [0, 0.05) is 51.8 Å². The second-order valence-corrected chi connectivity index (χ2v) is 8.28. The molecule has 2 fully saturated rings. The van der Waals surface area contributed by atoms with Gasteiger partial charge in [0.2, 0.25) is 5.91 Å². The third-order valence-electron chi connectivity index (χ3n) is 6.27. The Bertz CT molecular complexity index is 1070. The monoisotopic (exact) mass is 458 g/mol. The van der Waals surface area contributed by atoms with Crippen LogP contribution in [0.25, 0.3) is 10.9 Å². The van der Waals surface area contributed by atoms with E-state index in [-0.39, 0.29) is 23.5 Å².